The van der Waals surface area contributed by atoms with E-state index in [0.717, 1.165) is 18.6 Å². The lowest BCUT2D eigenvalue weighted by Crippen LogP contribution is -2.49. The number of aryl methyl sites for hydroxylation is 1. The highest BCUT2D eigenvalue weighted by molar-refractivity contribution is 7.99. The van der Waals surface area contributed by atoms with Gasteiger partial charge < -0.3 is 9.80 Å². The summed E-state index contributed by atoms with van der Waals surface area (Å²) in [5, 5.41) is 9.75. The third kappa shape index (κ3) is 4.07. The summed E-state index contributed by atoms with van der Waals surface area (Å²) in [6.07, 6.45) is 1.66. The van der Waals surface area contributed by atoms with E-state index in [1.54, 1.807) is 16.7 Å². The maximum Gasteiger partial charge on any atom is 0.263 e. The molecule has 34 heavy (non-hydrogen) atoms. The lowest BCUT2D eigenvalue weighted by atomic mass is 10.2. The molecular weight excluding hydrogens is 448 g/mol. The molecule has 1 aliphatic rings. The van der Waals surface area contributed by atoms with Crippen LogP contribution in [0, 0.1) is 6.92 Å². The van der Waals surface area contributed by atoms with E-state index in [-0.39, 0.29) is 17.2 Å². The molecule has 174 valence electrons. The van der Waals surface area contributed by atoms with Crippen LogP contribution in [0.25, 0.3) is 16.7 Å². The van der Waals surface area contributed by atoms with Crippen molar-refractivity contribution in [3.05, 3.63) is 77.1 Å². The number of carbonyl (C=O) groups is 1. The Hall–Kier alpha value is -3.59. The van der Waals surface area contributed by atoms with E-state index in [0.29, 0.717) is 36.0 Å². The van der Waals surface area contributed by atoms with Crippen molar-refractivity contribution in [3.63, 3.8) is 0 Å². The molecule has 3 heterocycles. The number of allylic oxidation sites excluding steroid dienone is 1. The first-order valence-electron chi connectivity index (χ1n) is 11.3. The van der Waals surface area contributed by atoms with E-state index >= 15 is 0 Å². The molecule has 1 aliphatic heterocycles. The number of hydrogen-bond donors (Lipinski definition) is 0. The van der Waals surface area contributed by atoms with Crippen molar-refractivity contribution in [2.24, 2.45) is 0 Å². The molecule has 0 spiro atoms. The van der Waals surface area contributed by atoms with Gasteiger partial charge in [0.05, 0.1) is 16.7 Å². The predicted octanol–water partition coefficient (Wildman–Crippen LogP) is 2.98. The molecule has 2 aromatic heterocycles. The minimum atomic E-state index is -0.130. The molecule has 0 aliphatic carbocycles. The van der Waals surface area contributed by atoms with Crippen molar-refractivity contribution < 1.29 is 4.79 Å². The van der Waals surface area contributed by atoms with Crippen molar-refractivity contribution in [2.45, 2.75) is 18.6 Å². The Kier molecular flexibility index (Phi) is 6.10. The molecule has 1 saturated heterocycles. The van der Waals surface area contributed by atoms with E-state index in [1.165, 1.54) is 23.0 Å². The molecular formula is C25H26N6O2S. The van der Waals surface area contributed by atoms with Gasteiger partial charge in [0, 0.05) is 38.4 Å². The number of piperazine rings is 1. The Bertz CT molecular complexity index is 1430. The minimum Gasteiger partial charge on any atom is -0.368 e. The zero-order valence-corrected chi connectivity index (χ0v) is 19.9. The summed E-state index contributed by atoms with van der Waals surface area (Å²) in [5.41, 5.74) is 3.04. The molecule has 0 saturated carbocycles. The number of nitrogens with zero attached hydrogens (tertiary/aromatic N) is 6. The highest BCUT2D eigenvalue weighted by atomic mass is 32.2. The van der Waals surface area contributed by atoms with E-state index < -0.39 is 0 Å². The van der Waals surface area contributed by atoms with Gasteiger partial charge >= 0.3 is 0 Å². The van der Waals surface area contributed by atoms with E-state index in [2.05, 4.69) is 52.9 Å². The van der Waals surface area contributed by atoms with Crippen LogP contribution in [-0.2, 0) is 11.3 Å². The predicted molar refractivity (Wildman–Crippen MR) is 136 cm³/mol. The molecule has 8 nitrogen and oxygen atoms in total. The van der Waals surface area contributed by atoms with Gasteiger partial charge in [-0.3, -0.25) is 18.6 Å². The van der Waals surface area contributed by atoms with Crippen molar-refractivity contribution in [1.29, 1.82) is 0 Å². The maximum absolute atomic E-state index is 13.0. The third-order valence-corrected chi connectivity index (χ3v) is 7.03. The van der Waals surface area contributed by atoms with Crippen molar-refractivity contribution in [1.82, 2.24) is 24.1 Å². The van der Waals surface area contributed by atoms with Crippen LogP contribution in [-0.4, -0.2) is 61.9 Å². The third-order valence-electron chi connectivity index (χ3n) is 6.11. The Labute approximate surface area is 201 Å². The van der Waals surface area contributed by atoms with Gasteiger partial charge in [0.2, 0.25) is 11.7 Å². The van der Waals surface area contributed by atoms with Crippen LogP contribution in [0.5, 0.6) is 0 Å². The minimum absolute atomic E-state index is 0.0781. The number of aromatic nitrogens is 4. The number of amides is 1. The molecule has 1 amide bonds. The second-order valence-electron chi connectivity index (χ2n) is 8.34. The van der Waals surface area contributed by atoms with Crippen molar-refractivity contribution in [3.8, 4) is 0 Å². The van der Waals surface area contributed by atoms with Crippen molar-refractivity contribution in [2.75, 3.05) is 36.8 Å². The summed E-state index contributed by atoms with van der Waals surface area (Å²) in [7, 11) is 0. The maximum atomic E-state index is 13.0. The first-order chi connectivity index (χ1) is 16.6. The average Bonchev–Trinajstić information content (AvgIpc) is 3.29. The largest absolute Gasteiger partial charge is 0.368 e. The van der Waals surface area contributed by atoms with Gasteiger partial charge in [0.25, 0.3) is 5.56 Å². The molecule has 0 radical (unpaired) electrons. The number of benzene rings is 2. The van der Waals surface area contributed by atoms with Gasteiger partial charge in [-0.2, -0.15) is 0 Å². The molecule has 0 bridgehead atoms. The zero-order chi connectivity index (χ0) is 23.7. The van der Waals surface area contributed by atoms with Crippen LogP contribution in [0.4, 0.5) is 5.69 Å². The van der Waals surface area contributed by atoms with Gasteiger partial charge in [-0.15, -0.1) is 16.8 Å². The Morgan fingerprint density at radius 1 is 1.09 bits per heavy atom. The number of anilines is 1. The standard InChI is InChI=1S/C25H26N6O2S/c1-3-11-30-23(33)20-9-4-5-10-21(20)31-24(30)26-27-25(31)34-17-22(32)29-14-12-28(13-15-29)19-8-6-7-18(2)16-19/h3-10,16H,1,11-15,17H2,2H3. The first kappa shape index (κ1) is 22.2. The van der Waals surface area contributed by atoms with Gasteiger partial charge in [-0.25, -0.2) is 0 Å². The van der Waals surface area contributed by atoms with E-state index in [1.807, 2.05) is 27.5 Å². The molecule has 2 aromatic carbocycles. The second-order valence-corrected chi connectivity index (χ2v) is 9.28. The van der Waals surface area contributed by atoms with E-state index in [4.69, 9.17) is 0 Å². The number of hydrogen-bond acceptors (Lipinski definition) is 6. The number of fused-ring (bicyclic) bond motifs is 3. The summed E-state index contributed by atoms with van der Waals surface area (Å²) in [5.74, 6) is 0.792. The molecule has 5 rings (SSSR count). The summed E-state index contributed by atoms with van der Waals surface area (Å²) >= 11 is 1.35. The van der Waals surface area contributed by atoms with Gasteiger partial charge in [0.1, 0.15) is 0 Å². The molecule has 4 aromatic rings. The summed E-state index contributed by atoms with van der Waals surface area (Å²) in [6.45, 7) is 9.18. The van der Waals surface area contributed by atoms with Gasteiger partial charge in [0.15, 0.2) is 5.16 Å². The molecule has 9 heteroatoms. The van der Waals surface area contributed by atoms with Gasteiger partial charge in [-0.05, 0) is 36.8 Å². The fourth-order valence-electron chi connectivity index (χ4n) is 4.38. The molecule has 1 fully saturated rings. The topological polar surface area (TPSA) is 75.7 Å². The Balaban J connectivity index is 1.32. The number of para-hydroxylation sites is 1. The normalized spacial score (nSPS) is 14.1. The molecule has 0 N–H and O–H groups in total. The monoisotopic (exact) mass is 474 g/mol. The SMILES string of the molecule is C=CCn1c(=O)c2ccccc2n2c(SCC(=O)N3CCN(c4cccc(C)c4)CC3)nnc12. The van der Waals surface area contributed by atoms with Crippen LogP contribution in [0.3, 0.4) is 0 Å². The average molecular weight is 475 g/mol. The van der Waals surface area contributed by atoms with Crippen LogP contribution in [0.15, 0.2) is 71.1 Å². The lowest BCUT2D eigenvalue weighted by molar-refractivity contribution is -0.128. The number of rotatable bonds is 6. The Morgan fingerprint density at radius 2 is 1.88 bits per heavy atom. The van der Waals surface area contributed by atoms with Crippen LogP contribution >= 0.6 is 11.8 Å². The van der Waals surface area contributed by atoms with Gasteiger partial charge in [-0.1, -0.05) is 42.1 Å². The van der Waals surface area contributed by atoms with Crippen LogP contribution in [0.2, 0.25) is 0 Å². The first-order valence-corrected chi connectivity index (χ1v) is 12.2. The van der Waals surface area contributed by atoms with E-state index in [9.17, 15) is 9.59 Å². The molecule has 0 atom stereocenters. The number of thioether (sulfide) groups is 1. The smallest absolute Gasteiger partial charge is 0.263 e. The lowest BCUT2D eigenvalue weighted by Gasteiger charge is -2.36. The quantitative estimate of drug-likeness (QED) is 0.316. The summed E-state index contributed by atoms with van der Waals surface area (Å²) in [4.78, 5) is 30.1. The fraction of sp³-hybridized carbons (Fsp3) is 0.280. The van der Waals surface area contributed by atoms with Crippen molar-refractivity contribution >= 4 is 40.0 Å². The second kappa shape index (κ2) is 9.34. The van der Waals surface area contributed by atoms with Crippen LogP contribution < -0.4 is 10.5 Å². The van der Waals surface area contributed by atoms with Crippen LogP contribution in [0.1, 0.15) is 5.56 Å². The summed E-state index contributed by atoms with van der Waals surface area (Å²) < 4.78 is 3.41. The molecule has 0 unspecified atom stereocenters. The zero-order valence-electron chi connectivity index (χ0n) is 19.1. The fourth-order valence-corrected chi connectivity index (χ4v) is 5.22. The highest BCUT2D eigenvalue weighted by Crippen LogP contribution is 2.23. The number of carbonyl (C=O) groups excluding carboxylic acids is 1. The summed E-state index contributed by atoms with van der Waals surface area (Å²) in [6, 6.07) is 15.9. The Morgan fingerprint density at radius 3 is 2.65 bits per heavy atom. The highest BCUT2D eigenvalue weighted by Gasteiger charge is 2.23.